The first-order valence-electron chi connectivity index (χ1n) is 5.55. The van der Waals surface area contributed by atoms with E-state index in [9.17, 15) is 4.79 Å². The molecule has 1 aromatic rings. The molecule has 1 aliphatic rings. The number of methoxy groups -OCH3 is 1. The summed E-state index contributed by atoms with van der Waals surface area (Å²) in [6.07, 6.45) is 2.51. The zero-order valence-corrected chi connectivity index (χ0v) is 9.75. The molecule has 0 aliphatic heterocycles. The van der Waals surface area contributed by atoms with Crippen LogP contribution in [-0.2, 0) is 11.3 Å². The van der Waals surface area contributed by atoms with E-state index in [2.05, 4.69) is 17.0 Å². The molecule has 1 aromatic carbocycles. The number of nitrogens with one attached hydrogen (secondary N) is 1. The van der Waals surface area contributed by atoms with Crippen LogP contribution in [0.3, 0.4) is 0 Å². The van der Waals surface area contributed by atoms with Crippen molar-refractivity contribution in [2.75, 3.05) is 7.11 Å². The van der Waals surface area contributed by atoms with Crippen LogP contribution in [-0.4, -0.2) is 18.6 Å². The van der Waals surface area contributed by atoms with Gasteiger partial charge < -0.3 is 10.1 Å². The summed E-state index contributed by atoms with van der Waals surface area (Å²) in [7, 11) is 1.39. The Morgan fingerprint density at radius 2 is 2.00 bits per heavy atom. The van der Waals surface area contributed by atoms with Crippen LogP contribution in [0, 0.1) is 0 Å². The number of ether oxygens (including phenoxy) is 1. The standard InChI is InChI=1S/C13H17NO2/c1-13(7-8-13)14-9-10-3-5-11(6-4-10)12(15)16-2/h3-6,14H,7-9H2,1-2H3. The van der Waals surface area contributed by atoms with Gasteiger partial charge in [-0.2, -0.15) is 0 Å². The molecular weight excluding hydrogens is 202 g/mol. The second-order valence-corrected chi connectivity index (χ2v) is 4.60. The molecule has 0 amide bonds. The fraction of sp³-hybridized carbons (Fsp3) is 0.462. The Balaban J connectivity index is 1.93. The van der Waals surface area contributed by atoms with Gasteiger partial charge in [-0.15, -0.1) is 0 Å². The van der Waals surface area contributed by atoms with Crippen molar-refractivity contribution >= 4 is 5.97 Å². The lowest BCUT2D eigenvalue weighted by Gasteiger charge is -2.11. The van der Waals surface area contributed by atoms with Gasteiger partial charge in [-0.25, -0.2) is 4.79 Å². The lowest BCUT2D eigenvalue weighted by atomic mass is 10.1. The summed E-state index contributed by atoms with van der Waals surface area (Å²) < 4.78 is 4.65. The minimum Gasteiger partial charge on any atom is -0.465 e. The Kier molecular flexibility index (Phi) is 2.97. The van der Waals surface area contributed by atoms with Crippen LogP contribution in [0.25, 0.3) is 0 Å². The summed E-state index contributed by atoms with van der Waals surface area (Å²) in [4.78, 5) is 11.2. The number of carbonyl (C=O) groups excluding carboxylic acids is 1. The molecule has 2 rings (SSSR count). The monoisotopic (exact) mass is 219 g/mol. The molecule has 1 saturated carbocycles. The molecule has 0 spiro atoms. The molecular formula is C13H17NO2. The van der Waals surface area contributed by atoms with Gasteiger partial charge in [-0.05, 0) is 37.5 Å². The minimum atomic E-state index is -0.284. The lowest BCUT2D eigenvalue weighted by Crippen LogP contribution is -2.26. The fourth-order valence-corrected chi connectivity index (χ4v) is 1.56. The first kappa shape index (κ1) is 11.1. The fourth-order valence-electron chi connectivity index (χ4n) is 1.56. The van der Waals surface area contributed by atoms with Gasteiger partial charge in [0, 0.05) is 12.1 Å². The van der Waals surface area contributed by atoms with E-state index in [1.807, 2.05) is 12.1 Å². The average Bonchev–Trinajstić information content (AvgIpc) is 3.05. The number of rotatable bonds is 4. The molecule has 3 nitrogen and oxygen atoms in total. The lowest BCUT2D eigenvalue weighted by molar-refractivity contribution is 0.0600. The Labute approximate surface area is 95.8 Å². The third-order valence-corrected chi connectivity index (χ3v) is 3.09. The van der Waals surface area contributed by atoms with Gasteiger partial charge in [0.15, 0.2) is 0 Å². The second kappa shape index (κ2) is 4.26. The first-order valence-corrected chi connectivity index (χ1v) is 5.55. The highest BCUT2D eigenvalue weighted by molar-refractivity contribution is 5.89. The summed E-state index contributed by atoms with van der Waals surface area (Å²) in [5, 5.41) is 3.50. The third kappa shape index (κ3) is 2.61. The van der Waals surface area contributed by atoms with Gasteiger partial charge in [-0.1, -0.05) is 12.1 Å². The van der Waals surface area contributed by atoms with Crippen molar-refractivity contribution in [1.29, 1.82) is 0 Å². The minimum absolute atomic E-state index is 0.284. The van der Waals surface area contributed by atoms with Crippen molar-refractivity contribution in [3.8, 4) is 0 Å². The Morgan fingerprint density at radius 1 is 1.38 bits per heavy atom. The quantitative estimate of drug-likeness (QED) is 0.788. The molecule has 1 aliphatic carbocycles. The first-order chi connectivity index (χ1) is 7.63. The van der Waals surface area contributed by atoms with Crippen molar-refractivity contribution in [1.82, 2.24) is 5.32 Å². The zero-order valence-electron chi connectivity index (χ0n) is 9.75. The van der Waals surface area contributed by atoms with E-state index >= 15 is 0 Å². The van der Waals surface area contributed by atoms with E-state index < -0.39 is 0 Å². The molecule has 0 radical (unpaired) electrons. The molecule has 0 bridgehead atoms. The van der Waals surface area contributed by atoms with Crippen LogP contribution in [0.15, 0.2) is 24.3 Å². The highest BCUT2D eigenvalue weighted by Crippen LogP contribution is 2.34. The smallest absolute Gasteiger partial charge is 0.337 e. The van der Waals surface area contributed by atoms with Crippen molar-refractivity contribution in [2.24, 2.45) is 0 Å². The van der Waals surface area contributed by atoms with Gasteiger partial charge in [0.2, 0.25) is 0 Å². The van der Waals surface area contributed by atoms with E-state index in [1.54, 1.807) is 12.1 Å². The zero-order chi connectivity index (χ0) is 11.6. The van der Waals surface area contributed by atoms with E-state index in [0.29, 0.717) is 11.1 Å². The van der Waals surface area contributed by atoms with Crippen LogP contribution >= 0.6 is 0 Å². The average molecular weight is 219 g/mol. The maximum atomic E-state index is 11.2. The summed E-state index contributed by atoms with van der Waals surface area (Å²) in [6.45, 7) is 3.09. The van der Waals surface area contributed by atoms with Gasteiger partial charge in [0.1, 0.15) is 0 Å². The Hall–Kier alpha value is -1.35. The van der Waals surface area contributed by atoms with Crippen molar-refractivity contribution < 1.29 is 9.53 Å². The van der Waals surface area contributed by atoms with Gasteiger partial charge >= 0.3 is 5.97 Å². The second-order valence-electron chi connectivity index (χ2n) is 4.60. The number of hydrogen-bond donors (Lipinski definition) is 1. The summed E-state index contributed by atoms with van der Waals surface area (Å²) in [5.41, 5.74) is 2.14. The summed E-state index contributed by atoms with van der Waals surface area (Å²) >= 11 is 0. The van der Waals surface area contributed by atoms with E-state index in [0.717, 1.165) is 6.54 Å². The van der Waals surface area contributed by atoms with Gasteiger partial charge in [0.05, 0.1) is 12.7 Å². The normalized spacial score (nSPS) is 16.9. The predicted octanol–water partition coefficient (Wildman–Crippen LogP) is 2.12. The molecule has 1 N–H and O–H groups in total. The largest absolute Gasteiger partial charge is 0.465 e. The molecule has 0 saturated heterocycles. The van der Waals surface area contributed by atoms with Gasteiger partial charge in [-0.3, -0.25) is 0 Å². The maximum absolute atomic E-state index is 11.2. The SMILES string of the molecule is COC(=O)c1ccc(CNC2(C)CC2)cc1. The molecule has 1 fully saturated rings. The van der Waals surface area contributed by atoms with Crippen LogP contribution in [0.5, 0.6) is 0 Å². The Morgan fingerprint density at radius 3 is 2.50 bits per heavy atom. The molecule has 16 heavy (non-hydrogen) atoms. The number of carbonyl (C=O) groups is 1. The highest BCUT2D eigenvalue weighted by atomic mass is 16.5. The van der Waals surface area contributed by atoms with Crippen molar-refractivity contribution in [2.45, 2.75) is 31.8 Å². The maximum Gasteiger partial charge on any atom is 0.337 e. The summed E-state index contributed by atoms with van der Waals surface area (Å²) in [6, 6.07) is 7.53. The number of esters is 1. The van der Waals surface area contributed by atoms with Gasteiger partial charge in [0.25, 0.3) is 0 Å². The summed E-state index contributed by atoms with van der Waals surface area (Å²) in [5.74, 6) is -0.284. The van der Waals surface area contributed by atoms with E-state index in [-0.39, 0.29) is 5.97 Å². The number of benzene rings is 1. The molecule has 0 heterocycles. The predicted molar refractivity (Wildman–Crippen MR) is 62.3 cm³/mol. The van der Waals surface area contributed by atoms with Crippen molar-refractivity contribution in [3.05, 3.63) is 35.4 Å². The highest BCUT2D eigenvalue weighted by Gasteiger charge is 2.36. The van der Waals surface area contributed by atoms with Crippen LogP contribution in [0.4, 0.5) is 0 Å². The van der Waals surface area contributed by atoms with Crippen LogP contribution in [0.1, 0.15) is 35.7 Å². The Bertz CT molecular complexity index is 379. The van der Waals surface area contributed by atoms with Crippen molar-refractivity contribution in [3.63, 3.8) is 0 Å². The van der Waals surface area contributed by atoms with E-state index in [1.165, 1.54) is 25.5 Å². The molecule has 0 atom stereocenters. The molecule has 0 unspecified atom stereocenters. The van der Waals surface area contributed by atoms with Crippen LogP contribution in [0.2, 0.25) is 0 Å². The topological polar surface area (TPSA) is 38.3 Å². The molecule has 0 aromatic heterocycles. The molecule has 86 valence electrons. The van der Waals surface area contributed by atoms with Crippen LogP contribution < -0.4 is 5.32 Å². The number of hydrogen-bond acceptors (Lipinski definition) is 3. The third-order valence-electron chi connectivity index (χ3n) is 3.09. The van der Waals surface area contributed by atoms with E-state index in [4.69, 9.17) is 0 Å². The molecule has 3 heteroatoms.